The second kappa shape index (κ2) is 5.30. The van der Waals surface area contributed by atoms with Gasteiger partial charge in [-0.15, -0.1) is 0 Å². The molecule has 4 heteroatoms. The number of carbonyl (C=O) groups excluding carboxylic acids is 2. The number of allylic oxidation sites excluding steroid dienone is 2. The molecule has 3 rings (SSSR count). The molecule has 0 bridgehead atoms. The highest BCUT2D eigenvalue weighted by molar-refractivity contribution is 6.25. The van der Waals surface area contributed by atoms with E-state index in [1.54, 1.807) is 60.5 Å². The fraction of sp³-hybridized carbons (Fsp3) is 0.0556. The molecule has 0 N–H and O–H groups in total. The third-order valence-electron chi connectivity index (χ3n) is 3.68. The highest BCUT2D eigenvalue weighted by Crippen LogP contribution is 2.26. The van der Waals surface area contributed by atoms with E-state index in [0.717, 1.165) is 5.69 Å². The predicted molar refractivity (Wildman–Crippen MR) is 82.7 cm³/mol. The molecule has 106 valence electrons. The summed E-state index contributed by atoms with van der Waals surface area (Å²) in [6, 6.07) is 15.7. The lowest BCUT2D eigenvalue weighted by Gasteiger charge is -2.24. The summed E-state index contributed by atoms with van der Waals surface area (Å²) in [6.07, 6.45) is 1.36. The normalized spacial score (nSPS) is 13.2. The Labute approximate surface area is 127 Å². The highest BCUT2D eigenvalue weighted by Gasteiger charge is 2.27. The predicted octanol–water partition coefficient (Wildman–Crippen LogP) is 2.96. The number of fused-ring (bicyclic) bond motifs is 1. The molecule has 0 aromatic heterocycles. The minimum atomic E-state index is -0.179. The van der Waals surface area contributed by atoms with Crippen molar-refractivity contribution in [3.05, 3.63) is 77.0 Å². The summed E-state index contributed by atoms with van der Waals surface area (Å²) in [7, 11) is 1.73. The summed E-state index contributed by atoms with van der Waals surface area (Å²) < 4.78 is 0. The molecular formula is C18H12N2O2. The Balaban J connectivity index is 2.00. The Kier molecular flexibility index (Phi) is 3.32. The lowest BCUT2D eigenvalue weighted by molar-refractivity contribution is 0.0982. The van der Waals surface area contributed by atoms with E-state index in [2.05, 4.69) is 0 Å². The van der Waals surface area contributed by atoms with Crippen LogP contribution >= 0.6 is 0 Å². The first-order valence-corrected chi connectivity index (χ1v) is 6.75. The van der Waals surface area contributed by atoms with Crippen LogP contribution in [-0.4, -0.2) is 18.6 Å². The van der Waals surface area contributed by atoms with Gasteiger partial charge in [0.15, 0.2) is 5.78 Å². The maximum atomic E-state index is 12.6. The van der Waals surface area contributed by atoms with E-state index in [1.807, 2.05) is 6.07 Å². The number of likely N-dealkylation sites (N-methyl/N-ethyl adjacent to an activating group) is 1. The molecule has 0 saturated heterocycles. The van der Waals surface area contributed by atoms with E-state index in [1.165, 1.54) is 6.08 Å². The molecule has 0 radical (unpaired) electrons. The Morgan fingerprint density at radius 2 is 1.59 bits per heavy atom. The number of ketones is 2. The summed E-state index contributed by atoms with van der Waals surface area (Å²) in [6.45, 7) is 0. The first-order valence-electron chi connectivity index (χ1n) is 6.75. The number of Topliss-reactive ketones (excluding diaryl/α,β-unsaturated/α-hetero) is 1. The van der Waals surface area contributed by atoms with Crippen LogP contribution in [-0.2, 0) is 0 Å². The molecule has 0 saturated carbocycles. The molecule has 2 aromatic carbocycles. The minimum absolute atomic E-state index is 0.175. The largest absolute Gasteiger partial charge is 0.341 e. The van der Waals surface area contributed by atoms with Gasteiger partial charge in [0.25, 0.3) is 0 Å². The van der Waals surface area contributed by atoms with E-state index in [4.69, 9.17) is 5.26 Å². The summed E-state index contributed by atoms with van der Waals surface area (Å²) in [5.74, 6) is -0.354. The first kappa shape index (κ1) is 13.8. The van der Waals surface area contributed by atoms with E-state index in [9.17, 15) is 9.59 Å². The van der Waals surface area contributed by atoms with Crippen LogP contribution in [0.4, 0.5) is 5.69 Å². The Hall–Kier alpha value is -3.19. The molecule has 0 heterocycles. The molecule has 1 aliphatic rings. The second-order valence-corrected chi connectivity index (χ2v) is 4.99. The van der Waals surface area contributed by atoms with Gasteiger partial charge in [0.1, 0.15) is 0 Å². The zero-order valence-electron chi connectivity index (χ0n) is 11.9. The zero-order valence-corrected chi connectivity index (χ0v) is 11.9. The standard InChI is InChI=1S/C18H12N2O2/c1-20(13-8-6-12(11-19)7-9-13)16-10-17(21)14-4-2-3-5-15(14)18(16)22/h2-10H,1H3. The van der Waals surface area contributed by atoms with Gasteiger partial charge < -0.3 is 4.90 Å². The van der Waals surface area contributed by atoms with E-state index < -0.39 is 0 Å². The maximum absolute atomic E-state index is 12.6. The Bertz CT molecular complexity index is 842. The van der Waals surface area contributed by atoms with Gasteiger partial charge >= 0.3 is 0 Å². The SMILES string of the molecule is CN(C1=CC(=O)c2ccccc2C1=O)c1ccc(C#N)cc1. The van der Waals surface area contributed by atoms with Crippen LogP contribution in [0.3, 0.4) is 0 Å². The van der Waals surface area contributed by atoms with Crippen LogP contribution in [0.15, 0.2) is 60.3 Å². The first-order chi connectivity index (χ1) is 10.6. The number of rotatable bonds is 2. The van der Waals surface area contributed by atoms with Crippen LogP contribution in [0.1, 0.15) is 26.3 Å². The quantitative estimate of drug-likeness (QED) is 0.852. The van der Waals surface area contributed by atoms with Crippen LogP contribution in [0.5, 0.6) is 0 Å². The van der Waals surface area contributed by atoms with Crippen molar-refractivity contribution < 1.29 is 9.59 Å². The summed E-state index contributed by atoms with van der Waals surface area (Å²) in [4.78, 5) is 26.4. The second-order valence-electron chi connectivity index (χ2n) is 4.99. The van der Waals surface area contributed by atoms with Crippen LogP contribution in [0, 0.1) is 11.3 Å². The van der Waals surface area contributed by atoms with Crippen LogP contribution in [0.2, 0.25) is 0 Å². The molecule has 2 aromatic rings. The van der Waals surface area contributed by atoms with E-state index in [0.29, 0.717) is 22.4 Å². The number of hydrogen-bond acceptors (Lipinski definition) is 4. The van der Waals surface area contributed by atoms with Gasteiger partial charge in [-0.05, 0) is 24.3 Å². The average Bonchev–Trinajstić information content (AvgIpc) is 2.57. The molecule has 0 aliphatic heterocycles. The highest BCUT2D eigenvalue weighted by atomic mass is 16.1. The Morgan fingerprint density at radius 3 is 2.23 bits per heavy atom. The van der Waals surface area contributed by atoms with Crippen molar-refractivity contribution in [1.29, 1.82) is 5.26 Å². The number of nitrogens with zero attached hydrogens (tertiary/aromatic N) is 2. The molecule has 4 nitrogen and oxygen atoms in total. The van der Waals surface area contributed by atoms with Gasteiger partial charge in [-0.3, -0.25) is 9.59 Å². The zero-order chi connectivity index (χ0) is 15.7. The van der Waals surface area contributed by atoms with Crippen molar-refractivity contribution in [3.8, 4) is 6.07 Å². The van der Waals surface area contributed by atoms with Crippen molar-refractivity contribution in [2.24, 2.45) is 0 Å². The average molecular weight is 288 g/mol. The number of nitriles is 1. The van der Waals surface area contributed by atoms with Crippen LogP contribution in [0.25, 0.3) is 0 Å². The van der Waals surface area contributed by atoms with Crippen molar-refractivity contribution >= 4 is 17.3 Å². The van der Waals surface area contributed by atoms with Gasteiger partial charge in [0.2, 0.25) is 5.78 Å². The summed E-state index contributed by atoms with van der Waals surface area (Å²) >= 11 is 0. The summed E-state index contributed by atoms with van der Waals surface area (Å²) in [5, 5.41) is 8.83. The fourth-order valence-corrected chi connectivity index (χ4v) is 2.45. The summed E-state index contributed by atoms with van der Waals surface area (Å²) in [5.41, 5.74) is 2.47. The molecule has 0 spiro atoms. The number of hydrogen-bond donors (Lipinski definition) is 0. The monoisotopic (exact) mass is 288 g/mol. The third-order valence-corrected chi connectivity index (χ3v) is 3.68. The van der Waals surface area contributed by atoms with Gasteiger partial charge in [0.05, 0.1) is 17.3 Å². The molecule has 0 atom stereocenters. The number of anilines is 1. The molecule has 0 fully saturated rings. The molecule has 22 heavy (non-hydrogen) atoms. The molecule has 0 amide bonds. The molecule has 0 unspecified atom stereocenters. The van der Waals surface area contributed by atoms with Crippen molar-refractivity contribution in [3.63, 3.8) is 0 Å². The van der Waals surface area contributed by atoms with Crippen LogP contribution < -0.4 is 4.90 Å². The fourth-order valence-electron chi connectivity index (χ4n) is 2.45. The topological polar surface area (TPSA) is 61.2 Å². The van der Waals surface area contributed by atoms with Gasteiger partial charge in [-0.2, -0.15) is 5.26 Å². The van der Waals surface area contributed by atoms with Gasteiger partial charge in [0, 0.05) is 29.9 Å². The van der Waals surface area contributed by atoms with Crippen molar-refractivity contribution in [2.75, 3.05) is 11.9 Å². The maximum Gasteiger partial charge on any atom is 0.210 e. The molecular weight excluding hydrogens is 276 g/mol. The van der Waals surface area contributed by atoms with Gasteiger partial charge in [-0.25, -0.2) is 0 Å². The van der Waals surface area contributed by atoms with E-state index >= 15 is 0 Å². The minimum Gasteiger partial charge on any atom is -0.341 e. The molecule has 1 aliphatic carbocycles. The lowest BCUT2D eigenvalue weighted by atomic mass is 9.92. The smallest absolute Gasteiger partial charge is 0.210 e. The van der Waals surface area contributed by atoms with Gasteiger partial charge in [-0.1, -0.05) is 24.3 Å². The third kappa shape index (κ3) is 2.19. The van der Waals surface area contributed by atoms with Crippen molar-refractivity contribution in [1.82, 2.24) is 0 Å². The number of benzene rings is 2. The van der Waals surface area contributed by atoms with Crippen molar-refractivity contribution in [2.45, 2.75) is 0 Å². The lowest BCUT2D eigenvalue weighted by Crippen LogP contribution is -2.28. The number of carbonyl (C=O) groups is 2. The Morgan fingerprint density at radius 1 is 0.955 bits per heavy atom. The van der Waals surface area contributed by atoms with E-state index in [-0.39, 0.29) is 11.6 Å².